The van der Waals surface area contributed by atoms with Crippen LogP contribution in [0.15, 0.2) is 54.2 Å². The predicted molar refractivity (Wildman–Crippen MR) is 141 cm³/mol. The number of nitrogens with one attached hydrogen (secondary N) is 2. The summed E-state index contributed by atoms with van der Waals surface area (Å²) in [5, 5.41) is 7.09. The molecule has 0 saturated carbocycles. The zero-order chi connectivity index (χ0) is 25.5. The fraction of sp³-hybridized carbons (Fsp3) is 0.393. The van der Waals surface area contributed by atoms with Crippen molar-refractivity contribution < 1.29 is 19.1 Å². The third-order valence-electron chi connectivity index (χ3n) is 6.58. The lowest BCUT2D eigenvalue weighted by molar-refractivity contribution is -0.119. The summed E-state index contributed by atoms with van der Waals surface area (Å²) in [7, 11) is 1.35. The van der Waals surface area contributed by atoms with Gasteiger partial charge < -0.3 is 24.7 Å². The number of benzene rings is 1. The van der Waals surface area contributed by atoms with Crippen molar-refractivity contribution in [2.24, 2.45) is 5.92 Å². The van der Waals surface area contributed by atoms with Gasteiger partial charge in [0.25, 0.3) is 0 Å². The van der Waals surface area contributed by atoms with Gasteiger partial charge in [0.1, 0.15) is 5.65 Å². The summed E-state index contributed by atoms with van der Waals surface area (Å²) in [5.41, 5.74) is 4.60. The Bertz CT molecular complexity index is 1240. The lowest BCUT2D eigenvalue weighted by Gasteiger charge is -2.12. The van der Waals surface area contributed by atoms with Crippen LogP contribution in [-0.4, -0.2) is 48.3 Å². The molecule has 1 atom stereocenters. The van der Waals surface area contributed by atoms with Gasteiger partial charge in [0.2, 0.25) is 5.91 Å². The molecule has 8 heteroatoms. The highest BCUT2D eigenvalue weighted by molar-refractivity contribution is 6.11. The number of anilines is 2. The number of rotatable bonds is 10. The molecular weight excluding hydrogens is 456 g/mol. The number of nitrogens with zero attached hydrogens (tertiary/aromatic N) is 2. The second-order valence-corrected chi connectivity index (χ2v) is 9.09. The van der Waals surface area contributed by atoms with Gasteiger partial charge in [-0.1, -0.05) is 42.0 Å². The van der Waals surface area contributed by atoms with Gasteiger partial charge in [-0.3, -0.25) is 4.79 Å². The Morgan fingerprint density at radius 1 is 1.28 bits per heavy atom. The van der Waals surface area contributed by atoms with Crippen molar-refractivity contribution in [3.05, 3.63) is 65.5 Å². The van der Waals surface area contributed by atoms with Gasteiger partial charge in [0, 0.05) is 25.1 Å². The first-order valence-corrected chi connectivity index (χ1v) is 12.4. The molecule has 0 radical (unpaired) electrons. The maximum Gasteiger partial charge on any atom is 0.356 e. The zero-order valence-electron chi connectivity index (χ0n) is 21.2. The number of carbonyl (C=O) groups excluding carboxylic acids is 2. The smallest absolute Gasteiger partial charge is 0.356 e. The Morgan fingerprint density at radius 3 is 2.78 bits per heavy atom. The summed E-state index contributed by atoms with van der Waals surface area (Å²) in [5.74, 6) is -0.923. The van der Waals surface area contributed by atoms with Crippen LogP contribution in [0.25, 0.3) is 11.0 Å². The summed E-state index contributed by atoms with van der Waals surface area (Å²) < 4.78 is 12.4. The molecule has 190 valence electrons. The van der Waals surface area contributed by atoms with Crippen molar-refractivity contribution in [1.29, 1.82) is 0 Å². The number of hydrogen-bond acceptors (Lipinski definition) is 6. The SMILES string of the molecule is CC=C(C)CNc1cnc2c(c1)c(NC(=O)C1CCOC1)c(C(=O)OC)n2CCCc1ccccc1. The number of aromatic nitrogens is 2. The van der Waals surface area contributed by atoms with Crippen LogP contribution in [0.4, 0.5) is 11.4 Å². The third kappa shape index (κ3) is 5.76. The number of methoxy groups -OCH3 is 1. The molecule has 1 aliphatic rings. The van der Waals surface area contributed by atoms with E-state index >= 15 is 0 Å². The van der Waals surface area contributed by atoms with Crippen LogP contribution in [0, 0.1) is 5.92 Å². The van der Waals surface area contributed by atoms with Crippen LogP contribution in [0.1, 0.15) is 42.7 Å². The van der Waals surface area contributed by atoms with E-state index in [9.17, 15) is 9.59 Å². The maximum atomic E-state index is 13.1. The Hall–Kier alpha value is -3.65. The van der Waals surface area contributed by atoms with Crippen molar-refractivity contribution in [1.82, 2.24) is 9.55 Å². The lowest BCUT2D eigenvalue weighted by Crippen LogP contribution is -2.24. The second-order valence-electron chi connectivity index (χ2n) is 9.09. The molecule has 36 heavy (non-hydrogen) atoms. The quantitative estimate of drug-likeness (QED) is 0.313. The van der Waals surface area contributed by atoms with E-state index in [1.807, 2.05) is 48.8 Å². The summed E-state index contributed by atoms with van der Waals surface area (Å²) in [4.78, 5) is 30.8. The van der Waals surface area contributed by atoms with Gasteiger partial charge in [-0.2, -0.15) is 0 Å². The molecule has 0 bridgehead atoms. The minimum atomic E-state index is -0.509. The van der Waals surface area contributed by atoms with Crippen molar-refractivity contribution in [2.45, 2.75) is 39.7 Å². The topological polar surface area (TPSA) is 94.5 Å². The van der Waals surface area contributed by atoms with Crippen LogP contribution in [-0.2, 0) is 27.2 Å². The summed E-state index contributed by atoms with van der Waals surface area (Å²) >= 11 is 0. The second kappa shape index (κ2) is 11.9. The molecule has 3 heterocycles. The molecule has 1 fully saturated rings. The maximum absolute atomic E-state index is 13.1. The number of ether oxygens (including phenoxy) is 2. The van der Waals surface area contributed by atoms with Crippen molar-refractivity contribution in [3.63, 3.8) is 0 Å². The fourth-order valence-corrected chi connectivity index (χ4v) is 4.37. The van der Waals surface area contributed by atoms with Gasteiger partial charge in [0.05, 0.1) is 37.2 Å². The predicted octanol–water partition coefficient (Wildman–Crippen LogP) is 4.81. The van der Waals surface area contributed by atoms with Crippen molar-refractivity contribution in [2.75, 3.05) is 37.5 Å². The van der Waals surface area contributed by atoms with E-state index in [0.717, 1.165) is 18.5 Å². The highest BCUT2D eigenvalue weighted by Gasteiger charge is 2.29. The molecule has 0 spiro atoms. The Morgan fingerprint density at radius 2 is 2.08 bits per heavy atom. The van der Waals surface area contributed by atoms with Gasteiger partial charge in [-0.25, -0.2) is 9.78 Å². The number of aryl methyl sites for hydroxylation is 2. The normalized spacial score (nSPS) is 15.8. The number of fused-ring (bicyclic) bond motifs is 1. The average molecular weight is 491 g/mol. The van der Waals surface area contributed by atoms with E-state index in [-0.39, 0.29) is 11.8 Å². The Labute approximate surface area is 211 Å². The monoisotopic (exact) mass is 490 g/mol. The highest BCUT2D eigenvalue weighted by atomic mass is 16.5. The first-order valence-electron chi connectivity index (χ1n) is 12.4. The third-order valence-corrected chi connectivity index (χ3v) is 6.58. The molecule has 0 aliphatic carbocycles. The van der Waals surface area contributed by atoms with Gasteiger partial charge in [-0.05, 0) is 44.7 Å². The van der Waals surface area contributed by atoms with E-state index in [0.29, 0.717) is 55.1 Å². The summed E-state index contributed by atoms with van der Waals surface area (Å²) in [6.45, 7) is 6.21. The molecule has 1 saturated heterocycles. The average Bonchev–Trinajstić information content (AvgIpc) is 3.55. The molecule has 3 aromatic rings. The molecule has 1 aromatic carbocycles. The van der Waals surface area contributed by atoms with Crippen LogP contribution in [0.3, 0.4) is 0 Å². The van der Waals surface area contributed by atoms with Gasteiger partial charge >= 0.3 is 5.97 Å². The molecule has 2 N–H and O–H groups in total. The number of pyridine rings is 1. The number of amides is 1. The standard InChI is InChI=1S/C28H34N4O4/c1-4-19(2)16-29-22-15-23-24(31-27(33)21-12-14-36-18-21)25(28(34)35-3)32(26(23)30-17-22)13-8-11-20-9-6-5-7-10-20/h4-7,9-10,15,17,21,29H,8,11-14,16,18H2,1-3H3,(H,31,33). The lowest BCUT2D eigenvalue weighted by atomic mass is 10.1. The fourth-order valence-electron chi connectivity index (χ4n) is 4.37. The largest absolute Gasteiger partial charge is 0.464 e. The molecule has 4 rings (SSSR count). The molecular formula is C28H34N4O4. The molecule has 1 amide bonds. The first-order chi connectivity index (χ1) is 17.5. The molecule has 2 aromatic heterocycles. The van der Waals surface area contributed by atoms with Crippen LogP contribution >= 0.6 is 0 Å². The number of hydrogen-bond donors (Lipinski definition) is 2. The van der Waals surface area contributed by atoms with E-state index < -0.39 is 5.97 Å². The van der Waals surface area contributed by atoms with Crippen LogP contribution in [0.2, 0.25) is 0 Å². The van der Waals surface area contributed by atoms with Gasteiger partial charge in [0.15, 0.2) is 5.69 Å². The van der Waals surface area contributed by atoms with E-state index in [1.54, 1.807) is 6.20 Å². The van der Waals surface area contributed by atoms with Crippen LogP contribution < -0.4 is 10.6 Å². The Kier molecular flexibility index (Phi) is 8.38. The van der Waals surface area contributed by atoms with E-state index in [2.05, 4.69) is 22.8 Å². The number of allylic oxidation sites excluding steroid dienone is 1. The number of esters is 1. The molecule has 1 unspecified atom stereocenters. The Balaban J connectivity index is 1.73. The van der Waals surface area contributed by atoms with Crippen LogP contribution in [0.5, 0.6) is 0 Å². The molecule has 1 aliphatic heterocycles. The summed E-state index contributed by atoms with van der Waals surface area (Å²) in [6.07, 6.45) is 6.11. The van der Waals surface area contributed by atoms with E-state index in [4.69, 9.17) is 14.5 Å². The van der Waals surface area contributed by atoms with E-state index in [1.165, 1.54) is 18.2 Å². The first kappa shape index (κ1) is 25.4. The number of carbonyl (C=O) groups is 2. The van der Waals surface area contributed by atoms with Crippen molar-refractivity contribution >= 4 is 34.3 Å². The minimum Gasteiger partial charge on any atom is -0.464 e. The molecule has 8 nitrogen and oxygen atoms in total. The summed E-state index contributed by atoms with van der Waals surface area (Å²) in [6, 6.07) is 12.2. The van der Waals surface area contributed by atoms with Gasteiger partial charge in [-0.15, -0.1) is 0 Å². The minimum absolute atomic E-state index is 0.163. The highest BCUT2D eigenvalue weighted by Crippen LogP contribution is 2.34. The van der Waals surface area contributed by atoms with Crippen molar-refractivity contribution in [3.8, 4) is 0 Å². The zero-order valence-corrected chi connectivity index (χ0v) is 21.2.